The molecular formula is C16H13FO2. The van der Waals surface area contributed by atoms with Crippen molar-refractivity contribution in [3.63, 3.8) is 0 Å². The maximum atomic E-state index is 13.3. The van der Waals surface area contributed by atoms with Gasteiger partial charge >= 0.3 is 0 Å². The van der Waals surface area contributed by atoms with Crippen LogP contribution in [-0.4, -0.2) is 11.9 Å². The normalized spacial score (nSPS) is 16.8. The zero-order valence-corrected chi connectivity index (χ0v) is 10.5. The minimum atomic E-state index is -0.544. The van der Waals surface area contributed by atoms with Gasteiger partial charge in [0.2, 0.25) is 5.78 Å². The fraction of sp³-hybridized carbons (Fsp3) is 0.188. The molecule has 0 bridgehead atoms. The second kappa shape index (κ2) is 4.50. The molecule has 0 saturated carbocycles. The number of carbonyl (C=O) groups is 1. The third kappa shape index (κ3) is 2.12. The van der Waals surface area contributed by atoms with Crippen LogP contribution in [0.1, 0.15) is 21.5 Å². The molecule has 3 rings (SSSR count). The summed E-state index contributed by atoms with van der Waals surface area (Å²) in [4.78, 5) is 12.4. The first-order chi connectivity index (χ1) is 9.15. The molecule has 1 atom stereocenters. The number of Topliss-reactive ketones (excluding diaryl/α,β-unsaturated/α-hetero) is 1. The lowest BCUT2D eigenvalue weighted by Gasteiger charge is -2.11. The summed E-state index contributed by atoms with van der Waals surface area (Å²) in [6.45, 7) is 1.80. The average Bonchev–Trinajstić information content (AvgIpc) is 2.84. The topological polar surface area (TPSA) is 26.3 Å². The van der Waals surface area contributed by atoms with Gasteiger partial charge in [0.1, 0.15) is 11.6 Å². The highest BCUT2D eigenvalue weighted by atomic mass is 19.1. The SMILES string of the molecule is Cc1ccc(F)cc1C(=O)C1Cc2ccccc2O1. The van der Waals surface area contributed by atoms with E-state index in [4.69, 9.17) is 4.74 Å². The Bertz CT molecular complexity index is 624. The maximum absolute atomic E-state index is 13.3. The molecule has 96 valence electrons. The van der Waals surface area contributed by atoms with Gasteiger partial charge in [0.15, 0.2) is 6.10 Å². The fourth-order valence-corrected chi connectivity index (χ4v) is 2.36. The third-order valence-corrected chi connectivity index (χ3v) is 3.40. The second-order valence-corrected chi connectivity index (χ2v) is 4.74. The number of para-hydroxylation sites is 1. The predicted molar refractivity (Wildman–Crippen MR) is 70.0 cm³/mol. The standard InChI is InChI=1S/C16H13FO2/c1-10-6-7-12(17)9-13(10)16(18)15-8-11-4-2-3-5-14(11)19-15/h2-7,9,15H,8H2,1H3. The van der Waals surface area contributed by atoms with Crippen LogP contribution < -0.4 is 4.74 Å². The van der Waals surface area contributed by atoms with Crippen molar-refractivity contribution in [1.29, 1.82) is 0 Å². The number of ketones is 1. The molecule has 0 aliphatic carbocycles. The largest absolute Gasteiger partial charge is 0.482 e. The molecule has 2 aromatic rings. The number of hydrogen-bond acceptors (Lipinski definition) is 2. The molecule has 0 spiro atoms. The average molecular weight is 256 g/mol. The van der Waals surface area contributed by atoms with Crippen molar-refractivity contribution < 1.29 is 13.9 Å². The highest BCUT2D eigenvalue weighted by Crippen LogP contribution is 2.30. The van der Waals surface area contributed by atoms with E-state index in [0.717, 1.165) is 16.9 Å². The first-order valence-corrected chi connectivity index (χ1v) is 6.20. The van der Waals surface area contributed by atoms with Gasteiger partial charge in [-0.25, -0.2) is 4.39 Å². The van der Waals surface area contributed by atoms with Gasteiger partial charge in [-0.15, -0.1) is 0 Å². The van der Waals surface area contributed by atoms with Crippen LogP contribution in [0.4, 0.5) is 4.39 Å². The molecule has 0 saturated heterocycles. The molecule has 0 fully saturated rings. The summed E-state index contributed by atoms with van der Waals surface area (Å²) in [5, 5.41) is 0. The van der Waals surface area contributed by atoms with Gasteiger partial charge < -0.3 is 4.74 Å². The number of carbonyl (C=O) groups excluding carboxylic acids is 1. The highest BCUT2D eigenvalue weighted by Gasteiger charge is 2.30. The molecular weight excluding hydrogens is 243 g/mol. The summed E-state index contributed by atoms with van der Waals surface area (Å²) in [6, 6.07) is 11.8. The molecule has 1 unspecified atom stereocenters. The molecule has 19 heavy (non-hydrogen) atoms. The lowest BCUT2D eigenvalue weighted by atomic mass is 9.98. The Morgan fingerprint density at radius 1 is 1.26 bits per heavy atom. The number of ether oxygens (including phenoxy) is 1. The summed E-state index contributed by atoms with van der Waals surface area (Å²) in [6.07, 6.45) is 0.00298. The molecule has 0 aromatic heterocycles. The van der Waals surface area contributed by atoms with Crippen LogP contribution in [0, 0.1) is 12.7 Å². The van der Waals surface area contributed by atoms with Crippen molar-refractivity contribution in [2.75, 3.05) is 0 Å². The van der Waals surface area contributed by atoms with Crippen molar-refractivity contribution in [2.45, 2.75) is 19.4 Å². The molecule has 1 heterocycles. The van der Waals surface area contributed by atoms with E-state index in [-0.39, 0.29) is 5.78 Å². The van der Waals surface area contributed by atoms with Crippen LogP contribution >= 0.6 is 0 Å². The van der Waals surface area contributed by atoms with Crippen molar-refractivity contribution in [3.05, 3.63) is 65.0 Å². The molecule has 0 amide bonds. The summed E-state index contributed by atoms with van der Waals surface area (Å²) in [5.41, 5.74) is 2.19. The predicted octanol–water partition coefficient (Wildman–Crippen LogP) is 3.32. The van der Waals surface area contributed by atoms with Gasteiger partial charge in [0.05, 0.1) is 0 Å². The quantitative estimate of drug-likeness (QED) is 0.770. The van der Waals surface area contributed by atoms with E-state index in [9.17, 15) is 9.18 Å². The number of hydrogen-bond donors (Lipinski definition) is 0. The summed E-state index contributed by atoms with van der Waals surface area (Å²) < 4.78 is 18.9. The lowest BCUT2D eigenvalue weighted by Crippen LogP contribution is -2.26. The number of fused-ring (bicyclic) bond motifs is 1. The monoisotopic (exact) mass is 256 g/mol. The summed E-state index contributed by atoms with van der Waals surface area (Å²) >= 11 is 0. The van der Waals surface area contributed by atoms with Gasteiger partial charge in [-0.3, -0.25) is 4.79 Å². The Morgan fingerprint density at radius 3 is 2.84 bits per heavy atom. The van der Waals surface area contributed by atoms with Crippen molar-refractivity contribution in [1.82, 2.24) is 0 Å². The van der Waals surface area contributed by atoms with Gasteiger partial charge in [-0.05, 0) is 36.2 Å². The fourth-order valence-electron chi connectivity index (χ4n) is 2.36. The number of aryl methyl sites for hydroxylation is 1. The van der Waals surface area contributed by atoms with E-state index < -0.39 is 11.9 Å². The van der Waals surface area contributed by atoms with Gasteiger partial charge in [0, 0.05) is 12.0 Å². The number of benzene rings is 2. The van der Waals surface area contributed by atoms with Crippen LogP contribution in [0.25, 0.3) is 0 Å². The molecule has 0 N–H and O–H groups in total. The highest BCUT2D eigenvalue weighted by molar-refractivity contribution is 6.01. The van der Waals surface area contributed by atoms with Gasteiger partial charge in [-0.1, -0.05) is 24.3 Å². The second-order valence-electron chi connectivity index (χ2n) is 4.74. The number of rotatable bonds is 2. The third-order valence-electron chi connectivity index (χ3n) is 3.40. The van der Waals surface area contributed by atoms with Crippen LogP contribution in [0.2, 0.25) is 0 Å². The molecule has 2 nitrogen and oxygen atoms in total. The first kappa shape index (κ1) is 11.9. The molecule has 0 radical (unpaired) electrons. The zero-order valence-electron chi connectivity index (χ0n) is 10.5. The van der Waals surface area contributed by atoms with Crippen LogP contribution in [0.15, 0.2) is 42.5 Å². The van der Waals surface area contributed by atoms with Crippen LogP contribution in [0.5, 0.6) is 5.75 Å². The van der Waals surface area contributed by atoms with E-state index >= 15 is 0 Å². The molecule has 1 aliphatic rings. The molecule has 2 aromatic carbocycles. The van der Waals surface area contributed by atoms with E-state index in [1.165, 1.54) is 12.1 Å². The van der Waals surface area contributed by atoms with Crippen molar-refractivity contribution >= 4 is 5.78 Å². The summed E-state index contributed by atoms with van der Waals surface area (Å²) in [5.74, 6) is 0.188. The minimum absolute atomic E-state index is 0.159. The van der Waals surface area contributed by atoms with Crippen molar-refractivity contribution in [2.24, 2.45) is 0 Å². The molecule has 1 aliphatic heterocycles. The Hall–Kier alpha value is -2.16. The van der Waals surface area contributed by atoms with E-state index in [0.29, 0.717) is 12.0 Å². The lowest BCUT2D eigenvalue weighted by molar-refractivity contribution is 0.0823. The van der Waals surface area contributed by atoms with Gasteiger partial charge in [-0.2, -0.15) is 0 Å². The molecule has 3 heteroatoms. The summed E-state index contributed by atoms with van der Waals surface area (Å²) in [7, 11) is 0. The van der Waals surface area contributed by atoms with Crippen molar-refractivity contribution in [3.8, 4) is 5.75 Å². The zero-order chi connectivity index (χ0) is 13.4. The van der Waals surface area contributed by atoms with Crippen LogP contribution in [0.3, 0.4) is 0 Å². The van der Waals surface area contributed by atoms with Crippen LogP contribution in [-0.2, 0) is 6.42 Å². The minimum Gasteiger partial charge on any atom is -0.482 e. The Kier molecular flexibility index (Phi) is 2.82. The maximum Gasteiger partial charge on any atom is 0.204 e. The number of halogens is 1. The van der Waals surface area contributed by atoms with E-state index in [1.807, 2.05) is 24.3 Å². The Labute approximate surface area is 110 Å². The van der Waals surface area contributed by atoms with Gasteiger partial charge in [0.25, 0.3) is 0 Å². The Morgan fingerprint density at radius 2 is 2.05 bits per heavy atom. The Balaban J connectivity index is 1.89. The van der Waals surface area contributed by atoms with E-state index in [1.54, 1.807) is 13.0 Å². The first-order valence-electron chi connectivity index (χ1n) is 6.20. The van der Waals surface area contributed by atoms with E-state index in [2.05, 4.69) is 0 Å². The smallest absolute Gasteiger partial charge is 0.204 e.